The fourth-order valence-corrected chi connectivity index (χ4v) is 2.59. The quantitative estimate of drug-likeness (QED) is 0.894. The smallest absolute Gasteiger partial charge is 0.328 e. The lowest BCUT2D eigenvalue weighted by atomic mass is 10.1. The van der Waals surface area contributed by atoms with Gasteiger partial charge in [0.05, 0.1) is 0 Å². The highest BCUT2D eigenvalue weighted by atomic mass is 16.4. The Bertz CT molecular complexity index is 598. The number of aromatic nitrogens is 4. The van der Waals surface area contributed by atoms with Crippen molar-refractivity contribution in [2.75, 3.05) is 0 Å². The van der Waals surface area contributed by atoms with Gasteiger partial charge in [-0.2, -0.15) is 0 Å². The van der Waals surface area contributed by atoms with Crippen molar-refractivity contribution < 1.29 is 9.90 Å². The maximum absolute atomic E-state index is 11.1. The molecule has 0 amide bonds. The zero-order chi connectivity index (χ0) is 13.4. The molecule has 1 aliphatic carbocycles. The number of carbonyl (C=O) groups is 1. The molecule has 1 N–H and O–H groups in total. The second-order valence-corrected chi connectivity index (χ2v) is 4.87. The maximum atomic E-state index is 11.1. The third-order valence-electron chi connectivity index (χ3n) is 3.66. The number of fused-ring (bicyclic) bond motifs is 1. The number of benzene rings is 1. The lowest BCUT2D eigenvalue weighted by Gasteiger charge is -2.12. The van der Waals surface area contributed by atoms with E-state index in [1.54, 1.807) is 6.92 Å². The van der Waals surface area contributed by atoms with Crippen LogP contribution in [0.2, 0.25) is 0 Å². The predicted octanol–water partition coefficient (Wildman–Crippen LogP) is 1.20. The molecule has 19 heavy (non-hydrogen) atoms. The molecule has 0 bridgehead atoms. The Labute approximate surface area is 110 Å². The normalized spacial score (nSPS) is 16.3. The van der Waals surface area contributed by atoms with Crippen LogP contribution in [0.15, 0.2) is 24.3 Å². The average molecular weight is 258 g/mol. The standard InChI is InChI=1S/C13H14N4O2/c1-8(13(18)19)17-12(14-15-16-17)11-6-9-4-2-3-5-10(9)7-11/h2-5,8,11H,6-7H2,1H3,(H,18,19). The number of tetrazole rings is 1. The first-order valence-electron chi connectivity index (χ1n) is 6.24. The van der Waals surface area contributed by atoms with Crippen LogP contribution in [0.1, 0.15) is 35.8 Å². The molecule has 1 atom stereocenters. The van der Waals surface area contributed by atoms with Crippen molar-refractivity contribution in [3.05, 3.63) is 41.2 Å². The number of rotatable bonds is 3. The molecular weight excluding hydrogens is 244 g/mol. The van der Waals surface area contributed by atoms with Gasteiger partial charge in [0.2, 0.25) is 0 Å². The van der Waals surface area contributed by atoms with Crippen molar-refractivity contribution in [3.63, 3.8) is 0 Å². The lowest BCUT2D eigenvalue weighted by molar-refractivity contribution is -0.140. The molecule has 1 aromatic carbocycles. The summed E-state index contributed by atoms with van der Waals surface area (Å²) in [6, 6.07) is 7.50. The summed E-state index contributed by atoms with van der Waals surface area (Å²) in [6.45, 7) is 1.59. The van der Waals surface area contributed by atoms with Gasteiger partial charge in [0, 0.05) is 5.92 Å². The van der Waals surface area contributed by atoms with E-state index in [4.69, 9.17) is 5.11 Å². The van der Waals surface area contributed by atoms with Crippen LogP contribution >= 0.6 is 0 Å². The molecular formula is C13H14N4O2. The first-order chi connectivity index (χ1) is 9.16. The molecule has 0 fully saturated rings. The topological polar surface area (TPSA) is 80.9 Å². The molecule has 0 aliphatic heterocycles. The van der Waals surface area contributed by atoms with Crippen molar-refractivity contribution in [1.29, 1.82) is 0 Å². The Balaban J connectivity index is 1.90. The lowest BCUT2D eigenvalue weighted by Crippen LogP contribution is -2.21. The van der Waals surface area contributed by atoms with Crippen molar-refractivity contribution >= 4 is 5.97 Å². The van der Waals surface area contributed by atoms with Crippen molar-refractivity contribution in [2.24, 2.45) is 0 Å². The Hall–Kier alpha value is -2.24. The van der Waals surface area contributed by atoms with E-state index in [1.807, 2.05) is 12.1 Å². The molecule has 1 heterocycles. The molecule has 0 saturated heterocycles. The summed E-state index contributed by atoms with van der Waals surface area (Å²) < 4.78 is 1.42. The monoisotopic (exact) mass is 258 g/mol. The number of hydrogen-bond donors (Lipinski definition) is 1. The SMILES string of the molecule is CC(C(=O)O)n1nnnc1C1Cc2ccccc2C1. The number of carboxylic acids is 1. The van der Waals surface area contributed by atoms with Gasteiger partial charge in [-0.25, -0.2) is 9.48 Å². The van der Waals surface area contributed by atoms with Gasteiger partial charge in [-0.1, -0.05) is 24.3 Å². The molecule has 1 unspecified atom stereocenters. The summed E-state index contributed by atoms with van der Waals surface area (Å²) in [5.41, 5.74) is 2.59. The van der Waals surface area contributed by atoms with E-state index in [2.05, 4.69) is 27.7 Å². The van der Waals surface area contributed by atoms with Gasteiger partial charge in [-0.3, -0.25) is 0 Å². The Morgan fingerprint density at radius 2 is 2.00 bits per heavy atom. The minimum absolute atomic E-state index is 0.161. The first-order valence-corrected chi connectivity index (χ1v) is 6.24. The molecule has 2 aromatic rings. The number of carboxylic acid groups (broad SMARTS) is 1. The predicted molar refractivity (Wildman–Crippen MR) is 66.8 cm³/mol. The third kappa shape index (κ3) is 1.99. The second kappa shape index (κ2) is 4.46. The van der Waals surface area contributed by atoms with Crippen LogP contribution in [0.25, 0.3) is 0 Å². The van der Waals surface area contributed by atoms with Crippen molar-refractivity contribution in [2.45, 2.75) is 31.7 Å². The highest BCUT2D eigenvalue weighted by Gasteiger charge is 2.29. The Morgan fingerprint density at radius 1 is 1.37 bits per heavy atom. The molecule has 98 valence electrons. The average Bonchev–Trinajstić information content (AvgIpc) is 3.03. The zero-order valence-corrected chi connectivity index (χ0v) is 10.5. The highest BCUT2D eigenvalue weighted by molar-refractivity contribution is 5.71. The molecule has 3 rings (SSSR count). The summed E-state index contributed by atoms with van der Waals surface area (Å²) in [4.78, 5) is 11.1. The summed E-state index contributed by atoms with van der Waals surface area (Å²) in [6.07, 6.45) is 1.73. The van der Waals surface area contributed by atoms with Crippen molar-refractivity contribution in [3.8, 4) is 0 Å². The van der Waals surface area contributed by atoms with E-state index in [1.165, 1.54) is 15.8 Å². The maximum Gasteiger partial charge on any atom is 0.328 e. The molecule has 1 aromatic heterocycles. The van der Waals surface area contributed by atoms with Gasteiger partial charge in [0.1, 0.15) is 6.04 Å². The highest BCUT2D eigenvalue weighted by Crippen LogP contribution is 2.33. The summed E-state index contributed by atoms with van der Waals surface area (Å²) in [7, 11) is 0. The van der Waals surface area contributed by atoms with Crippen LogP contribution in [0, 0.1) is 0 Å². The van der Waals surface area contributed by atoms with Crippen LogP contribution in [-0.4, -0.2) is 31.3 Å². The van der Waals surface area contributed by atoms with E-state index < -0.39 is 12.0 Å². The Kier molecular flexibility index (Phi) is 2.77. The molecule has 1 aliphatic rings. The minimum atomic E-state index is -0.927. The van der Waals surface area contributed by atoms with E-state index in [0.29, 0.717) is 5.82 Å². The molecule has 0 radical (unpaired) electrons. The molecule has 6 nitrogen and oxygen atoms in total. The third-order valence-corrected chi connectivity index (χ3v) is 3.66. The summed E-state index contributed by atoms with van der Waals surface area (Å²) in [5, 5.41) is 20.6. The van der Waals surface area contributed by atoms with E-state index >= 15 is 0 Å². The van der Waals surface area contributed by atoms with Gasteiger partial charge < -0.3 is 5.11 Å². The first kappa shape index (κ1) is 11.8. The fourth-order valence-electron chi connectivity index (χ4n) is 2.59. The van der Waals surface area contributed by atoms with Gasteiger partial charge in [-0.05, 0) is 41.3 Å². The van der Waals surface area contributed by atoms with Gasteiger partial charge >= 0.3 is 5.97 Å². The van der Waals surface area contributed by atoms with Crippen LogP contribution in [0.4, 0.5) is 0 Å². The molecule has 0 spiro atoms. The summed E-state index contributed by atoms with van der Waals surface area (Å²) in [5.74, 6) is -0.107. The second-order valence-electron chi connectivity index (χ2n) is 4.87. The van der Waals surface area contributed by atoms with Crippen LogP contribution in [-0.2, 0) is 17.6 Å². The molecule has 0 saturated carbocycles. The van der Waals surface area contributed by atoms with Gasteiger partial charge in [0.25, 0.3) is 0 Å². The minimum Gasteiger partial charge on any atom is -0.480 e. The van der Waals surface area contributed by atoms with E-state index in [0.717, 1.165) is 12.8 Å². The van der Waals surface area contributed by atoms with Crippen LogP contribution < -0.4 is 0 Å². The van der Waals surface area contributed by atoms with Gasteiger partial charge in [0.15, 0.2) is 5.82 Å². The largest absolute Gasteiger partial charge is 0.480 e. The number of nitrogens with zero attached hydrogens (tertiary/aromatic N) is 4. The van der Waals surface area contributed by atoms with Gasteiger partial charge in [-0.15, -0.1) is 5.10 Å². The Morgan fingerprint density at radius 3 is 2.58 bits per heavy atom. The number of hydrogen-bond acceptors (Lipinski definition) is 4. The van der Waals surface area contributed by atoms with Crippen LogP contribution in [0.5, 0.6) is 0 Å². The molecule has 6 heteroatoms. The van der Waals surface area contributed by atoms with Crippen molar-refractivity contribution in [1.82, 2.24) is 20.2 Å². The zero-order valence-electron chi connectivity index (χ0n) is 10.5. The number of aliphatic carboxylic acids is 1. The summed E-state index contributed by atoms with van der Waals surface area (Å²) >= 11 is 0. The fraction of sp³-hybridized carbons (Fsp3) is 0.385. The van der Waals surface area contributed by atoms with E-state index in [9.17, 15) is 4.79 Å². The van der Waals surface area contributed by atoms with E-state index in [-0.39, 0.29) is 5.92 Å². The van der Waals surface area contributed by atoms with Crippen LogP contribution in [0.3, 0.4) is 0 Å².